The van der Waals surface area contributed by atoms with Crippen LogP contribution in [-0.2, 0) is 18.4 Å². The molecule has 0 atom stereocenters. The Bertz CT molecular complexity index is 650. The molecule has 0 radical (unpaired) electrons. The molecular weight excluding hydrogens is 300 g/mol. The molecule has 0 fully saturated rings. The molecule has 0 saturated carbocycles. The molecule has 0 aliphatic carbocycles. The molecule has 0 unspecified atom stereocenters. The van der Waals surface area contributed by atoms with E-state index in [4.69, 9.17) is 0 Å². The standard InChI is InChI=1S/C19H26N4O/c1-19(2,3)17-16(12-20-14-23-17)13-22-18(24)21-11-7-10-15-8-5-4-6-9-15/h4-6,8-9,12,14H,7,10-11,13H2,1-3H3,(H2,21,22,24). The van der Waals surface area contributed by atoms with Gasteiger partial charge in [0.2, 0.25) is 0 Å². The van der Waals surface area contributed by atoms with Gasteiger partial charge in [0.05, 0.1) is 5.69 Å². The van der Waals surface area contributed by atoms with Gasteiger partial charge >= 0.3 is 6.03 Å². The maximum atomic E-state index is 11.9. The Kier molecular flexibility index (Phi) is 6.29. The summed E-state index contributed by atoms with van der Waals surface area (Å²) in [5, 5.41) is 5.77. The van der Waals surface area contributed by atoms with E-state index in [2.05, 4.69) is 53.5 Å². The molecule has 0 bridgehead atoms. The SMILES string of the molecule is CC(C)(C)c1ncncc1CNC(=O)NCCCc1ccccc1. The molecule has 24 heavy (non-hydrogen) atoms. The molecule has 0 aliphatic heterocycles. The van der Waals surface area contributed by atoms with Crippen molar-refractivity contribution in [2.75, 3.05) is 6.54 Å². The molecule has 1 heterocycles. The lowest BCUT2D eigenvalue weighted by Crippen LogP contribution is -2.36. The second-order valence-corrected chi connectivity index (χ2v) is 6.85. The number of benzene rings is 1. The minimum atomic E-state index is -0.160. The zero-order valence-corrected chi connectivity index (χ0v) is 14.7. The zero-order valence-electron chi connectivity index (χ0n) is 14.7. The van der Waals surface area contributed by atoms with Gasteiger partial charge in [-0.15, -0.1) is 0 Å². The highest BCUT2D eigenvalue weighted by Crippen LogP contribution is 2.22. The number of nitrogens with zero attached hydrogens (tertiary/aromatic N) is 2. The van der Waals surface area contributed by atoms with Crippen LogP contribution in [0.15, 0.2) is 42.9 Å². The van der Waals surface area contributed by atoms with Crippen LogP contribution in [0.4, 0.5) is 4.79 Å². The molecule has 5 nitrogen and oxygen atoms in total. The predicted octanol–water partition coefficient (Wildman–Crippen LogP) is 3.21. The third-order valence-corrected chi connectivity index (χ3v) is 3.71. The summed E-state index contributed by atoms with van der Waals surface area (Å²) in [5.74, 6) is 0. The monoisotopic (exact) mass is 326 g/mol. The van der Waals surface area contributed by atoms with Gasteiger partial charge in [-0.2, -0.15) is 0 Å². The number of hydrogen-bond donors (Lipinski definition) is 2. The van der Waals surface area contributed by atoms with E-state index < -0.39 is 0 Å². The van der Waals surface area contributed by atoms with Crippen LogP contribution in [0.1, 0.15) is 44.0 Å². The molecule has 1 aromatic carbocycles. The van der Waals surface area contributed by atoms with E-state index >= 15 is 0 Å². The van der Waals surface area contributed by atoms with E-state index in [-0.39, 0.29) is 11.4 Å². The number of aryl methyl sites for hydroxylation is 1. The molecule has 2 amide bonds. The van der Waals surface area contributed by atoms with Crippen molar-refractivity contribution in [1.82, 2.24) is 20.6 Å². The highest BCUT2D eigenvalue weighted by atomic mass is 16.2. The number of rotatable bonds is 6. The largest absolute Gasteiger partial charge is 0.338 e. The highest BCUT2D eigenvalue weighted by molar-refractivity contribution is 5.73. The first-order valence-electron chi connectivity index (χ1n) is 8.32. The van der Waals surface area contributed by atoms with Crippen molar-refractivity contribution in [3.8, 4) is 0 Å². The predicted molar refractivity (Wildman–Crippen MR) is 95.7 cm³/mol. The van der Waals surface area contributed by atoms with Gasteiger partial charge in [-0.3, -0.25) is 0 Å². The van der Waals surface area contributed by atoms with Crippen molar-refractivity contribution in [2.45, 2.75) is 45.6 Å². The smallest absolute Gasteiger partial charge is 0.315 e. The van der Waals surface area contributed by atoms with E-state index in [9.17, 15) is 4.79 Å². The molecular formula is C19H26N4O. The van der Waals surface area contributed by atoms with Gasteiger partial charge in [-0.25, -0.2) is 14.8 Å². The fourth-order valence-electron chi connectivity index (χ4n) is 2.54. The number of nitrogens with one attached hydrogen (secondary N) is 2. The van der Waals surface area contributed by atoms with Crippen LogP contribution in [0.25, 0.3) is 0 Å². The lowest BCUT2D eigenvalue weighted by atomic mass is 9.89. The van der Waals surface area contributed by atoms with Crippen molar-refractivity contribution >= 4 is 6.03 Å². The minimum Gasteiger partial charge on any atom is -0.338 e. The van der Waals surface area contributed by atoms with Crippen LogP contribution in [0.3, 0.4) is 0 Å². The lowest BCUT2D eigenvalue weighted by Gasteiger charge is -2.21. The van der Waals surface area contributed by atoms with Crippen molar-refractivity contribution in [3.05, 3.63) is 59.7 Å². The first-order chi connectivity index (χ1) is 11.5. The molecule has 0 saturated heterocycles. The van der Waals surface area contributed by atoms with Gasteiger partial charge in [-0.05, 0) is 18.4 Å². The van der Waals surface area contributed by atoms with Gasteiger partial charge in [0.1, 0.15) is 6.33 Å². The molecule has 2 rings (SSSR count). The van der Waals surface area contributed by atoms with Gasteiger partial charge in [0, 0.05) is 30.3 Å². The van der Waals surface area contributed by atoms with Gasteiger partial charge in [0.15, 0.2) is 0 Å². The summed E-state index contributed by atoms with van der Waals surface area (Å²) in [5.41, 5.74) is 3.12. The van der Waals surface area contributed by atoms with Crippen molar-refractivity contribution in [2.24, 2.45) is 0 Å². The van der Waals surface area contributed by atoms with Crippen LogP contribution in [-0.4, -0.2) is 22.5 Å². The van der Waals surface area contributed by atoms with E-state index in [1.807, 2.05) is 18.2 Å². The van der Waals surface area contributed by atoms with Crippen LogP contribution >= 0.6 is 0 Å². The zero-order chi connectivity index (χ0) is 17.4. The summed E-state index contributed by atoms with van der Waals surface area (Å²) in [4.78, 5) is 20.3. The van der Waals surface area contributed by atoms with Crippen molar-refractivity contribution in [1.29, 1.82) is 0 Å². The van der Waals surface area contributed by atoms with E-state index in [1.54, 1.807) is 12.5 Å². The normalized spacial score (nSPS) is 11.1. The Hall–Kier alpha value is -2.43. The summed E-state index contributed by atoms with van der Waals surface area (Å²) in [7, 11) is 0. The van der Waals surface area contributed by atoms with Crippen LogP contribution in [0.5, 0.6) is 0 Å². The van der Waals surface area contributed by atoms with Gasteiger partial charge < -0.3 is 10.6 Å². The Labute approximate surface area is 143 Å². The summed E-state index contributed by atoms with van der Waals surface area (Å²) < 4.78 is 0. The highest BCUT2D eigenvalue weighted by Gasteiger charge is 2.19. The second-order valence-electron chi connectivity index (χ2n) is 6.85. The Morgan fingerprint density at radius 1 is 1.12 bits per heavy atom. The second kappa shape index (κ2) is 8.43. The molecule has 128 valence electrons. The topological polar surface area (TPSA) is 66.9 Å². The van der Waals surface area contributed by atoms with Gasteiger partial charge in [0.25, 0.3) is 0 Å². The molecule has 2 aromatic rings. The summed E-state index contributed by atoms with van der Waals surface area (Å²) in [6.45, 7) is 7.38. The van der Waals surface area contributed by atoms with E-state index in [0.717, 1.165) is 24.1 Å². The maximum absolute atomic E-state index is 11.9. The number of carbonyl (C=O) groups is 1. The quantitative estimate of drug-likeness (QED) is 0.801. The van der Waals surface area contributed by atoms with Gasteiger partial charge in [-0.1, -0.05) is 51.1 Å². The number of hydrogen-bond acceptors (Lipinski definition) is 3. The Morgan fingerprint density at radius 3 is 2.58 bits per heavy atom. The first-order valence-corrected chi connectivity index (χ1v) is 8.32. The maximum Gasteiger partial charge on any atom is 0.315 e. The Morgan fingerprint density at radius 2 is 1.88 bits per heavy atom. The minimum absolute atomic E-state index is 0.0773. The van der Waals surface area contributed by atoms with Crippen LogP contribution in [0.2, 0.25) is 0 Å². The van der Waals surface area contributed by atoms with Crippen LogP contribution in [0, 0.1) is 0 Å². The average Bonchev–Trinajstić information content (AvgIpc) is 2.57. The lowest BCUT2D eigenvalue weighted by molar-refractivity contribution is 0.240. The van der Waals surface area contributed by atoms with Crippen molar-refractivity contribution in [3.63, 3.8) is 0 Å². The van der Waals surface area contributed by atoms with Crippen LogP contribution < -0.4 is 10.6 Å². The van der Waals surface area contributed by atoms with E-state index in [1.165, 1.54) is 5.56 Å². The third-order valence-electron chi connectivity index (χ3n) is 3.71. The first kappa shape index (κ1) is 17.9. The Balaban J connectivity index is 1.74. The summed E-state index contributed by atoms with van der Waals surface area (Å²) in [6.07, 6.45) is 5.19. The number of urea groups is 1. The van der Waals surface area contributed by atoms with E-state index in [0.29, 0.717) is 13.1 Å². The average molecular weight is 326 g/mol. The summed E-state index contributed by atoms with van der Waals surface area (Å²) in [6, 6.07) is 10.1. The van der Waals surface area contributed by atoms with Crippen molar-refractivity contribution < 1.29 is 4.79 Å². The molecule has 0 aliphatic rings. The third kappa shape index (κ3) is 5.65. The number of aromatic nitrogens is 2. The molecule has 5 heteroatoms. The summed E-state index contributed by atoms with van der Waals surface area (Å²) >= 11 is 0. The fraction of sp³-hybridized carbons (Fsp3) is 0.421. The molecule has 0 spiro atoms. The number of amides is 2. The fourth-order valence-corrected chi connectivity index (χ4v) is 2.54. The molecule has 1 aromatic heterocycles. The number of carbonyl (C=O) groups excluding carboxylic acids is 1. The molecule has 2 N–H and O–H groups in total.